The Morgan fingerprint density at radius 1 is 1.07 bits per heavy atom. The van der Waals surface area contributed by atoms with Crippen LogP contribution in [0.3, 0.4) is 0 Å². The largest absolute Gasteiger partial charge is 0.491 e. The fraction of sp³-hybridized carbons (Fsp3) is 0.588. The van der Waals surface area contributed by atoms with Crippen molar-refractivity contribution in [2.45, 2.75) is 82.9 Å². The van der Waals surface area contributed by atoms with Crippen LogP contribution in [0.15, 0.2) is 42.7 Å². The van der Waals surface area contributed by atoms with Crippen molar-refractivity contribution in [3.8, 4) is 5.75 Å². The van der Waals surface area contributed by atoms with Gasteiger partial charge in [0.1, 0.15) is 5.75 Å². The fourth-order valence-electron chi connectivity index (χ4n) is 6.60. The Hall–Kier alpha value is -3.86. The van der Waals surface area contributed by atoms with Crippen molar-refractivity contribution in [2.75, 3.05) is 44.0 Å². The van der Waals surface area contributed by atoms with E-state index in [1.807, 2.05) is 29.2 Å². The molecule has 0 spiro atoms. The summed E-state index contributed by atoms with van der Waals surface area (Å²) >= 11 is 0. The summed E-state index contributed by atoms with van der Waals surface area (Å²) in [5.41, 5.74) is 7.95. The molecule has 3 fully saturated rings. The summed E-state index contributed by atoms with van der Waals surface area (Å²) in [6, 6.07) is 9.37. The molecule has 5 rings (SSSR count). The third-order valence-corrected chi connectivity index (χ3v) is 8.99. The van der Waals surface area contributed by atoms with Crippen molar-refractivity contribution in [3.05, 3.63) is 48.3 Å². The Morgan fingerprint density at radius 3 is 2.44 bits per heavy atom. The zero-order valence-corrected chi connectivity index (χ0v) is 26.7. The molecule has 244 valence electrons. The van der Waals surface area contributed by atoms with E-state index in [-0.39, 0.29) is 37.0 Å². The van der Waals surface area contributed by atoms with E-state index in [1.165, 1.54) is 4.90 Å². The third kappa shape index (κ3) is 7.87. The van der Waals surface area contributed by atoms with E-state index in [0.717, 1.165) is 44.1 Å². The van der Waals surface area contributed by atoms with E-state index in [0.29, 0.717) is 43.2 Å². The topological polar surface area (TPSA) is 136 Å². The number of benzene rings is 1. The van der Waals surface area contributed by atoms with Crippen LogP contribution in [0.5, 0.6) is 5.75 Å². The predicted molar refractivity (Wildman–Crippen MR) is 171 cm³/mol. The molecule has 11 heteroatoms. The molecule has 2 aliphatic carbocycles. The number of aromatic nitrogens is 1. The number of hydrogen-bond acceptors (Lipinski definition) is 8. The molecule has 1 aliphatic heterocycles. The van der Waals surface area contributed by atoms with Crippen molar-refractivity contribution in [1.82, 2.24) is 15.2 Å². The number of nitrogens with one attached hydrogen (secondary N) is 1. The normalized spacial score (nSPS) is 20.9. The van der Waals surface area contributed by atoms with Gasteiger partial charge in [-0.3, -0.25) is 14.6 Å². The van der Waals surface area contributed by atoms with Crippen LogP contribution in [-0.4, -0.2) is 73.4 Å². The lowest BCUT2D eigenvalue weighted by atomic mass is 9.84. The molecular formula is C34H47N5O6. The van der Waals surface area contributed by atoms with Crippen LogP contribution in [0, 0.1) is 11.8 Å². The Bertz CT molecular complexity index is 1330. The summed E-state index contributed by atoms with van der Waals surface area (Å²) in [5, 5.41) is 3.37. The Morgan fingerprint density at radius 2 is 1.78 bits per heavy atom. The second-order valence-corrected chi connectivity index (χ2v) is 12.8. The number of nitrogens with zero attached hydrogens (tertiary/aromatic N) is 3. The molecule has 3 amide bonds. The smallest absolute Gasteiger partial charge is 0.410 e. The highest BCUT2D eigenvalue weighted by Gasteiger charge is 2.45. The number of carbonyl (C=O) groups is 3. The van der Waals surface area contributed by atoms with Gasteiger partial charge in [0.15, 0.2) is 0 Å². The van der Waals surface area contributed by atoms with Gasteiger partial charge in [-0.25, -0.2) is 4.79 Å². The van der Waals surface area contributed by atoms with Crippen molar-refractivity contribution in [3.63, 3.8) is 0 Å². The minimum atomic E-state index is -0.584. The van der Waals surface area contributed by atoms with Gasteiger partial charge in [-0.05, 0) is 75.8 Å². The van der Waals surface area contributed by atoms with E-state index in [4.69, 9.17) is 19.9 Å². The SMILES string of the molecule is COCCCOc1cc(N(C(=O)[C@@H]2C[C@H](C(=O)NC3(c4ccncc4)CCCC3)CN(C(=O)OC(C)C)C2)C2CC2)ccc1N. The standard InChI is InChI=1S/C34H47N5O6/c1-23(2)45-33(42)38-21-24(31(40)37-34(13-4-5-14-34)26-11-15-36-16-12-26)19-25(22-38)32(41)39(27-7-8-27)28-9-10-29(35)30(20-28)44-18-6-17-43-3/h9-12,15-16,20,23-25,27H,4-8,13-14,17-19,21-22,35H2,1-3H3,(H,37,40)/t24-,25+/m0/s1. The van der Waals surface area contributed by atoms with Crippen molar-refractivity contribution in [1.29, 1.82) is 0 Å². The average molecular weight is 622 g/mol. The Balaban J connectivity index is 1.38. The second kappa shape index (κ2) is 14.5. The van der Waals surface area contributed by atoms with Crippen LogP contribution in [0.1, 0.15) is 70.8 Å². The molecule has 1 aromatic carbocycles. The van der Waals surface area contributed by atoms with E-state index in [2.05, 4.69) is 10.3 Å². The van der Waals surface area contributed by atoms with E-state index >= 15 is 0 Å². The van der Waals surface area contributed by atoms with Gasteiger partial charge < -0.3 is 35.1 Å². The summed E-state index contributed by atoms with van der Waals surface area (Å²) in [6.07, 6.45) is 9.15. The Kier molecular flexibility index (Phi) is 10.5. The van der Waals surface area contributed by atoms with Crippen molar-refractivity contribution < 1.29 is 28.6 Å². The first-order chi connectivity index (χ1) is 21.7. The highest BCUT2D eigenvalue weighted by Crippen LogP contribution is 2.40. The molecule has 11 nitrogen and oxygen atoms in total. The highest BCUT2D eigenvalue weighted by atomic mass is 16.6. The highest BCUT2D eigenvalue weighted by molar-refractivity contribution is 5.97. The quantitative estimate of drug-likeness (QED) is 0.258. The van der Waals surface area contributed by atoms with Crippen LogP contribution >= 0.6 is 0 Å². The molecule has 0 bridgehead atoms. The van der Waals surface area contributed by atoms with Gasteiger partial charge in [0, 0.05) is 63.4 Å². The van der Waals surface area contributed by atoms with Crippen LogP contribution in [0.2, 0.25) is 0 Å². The second-order valence-electron chi connectivity index (χ2n) is 12.8. The number of hydrogen-bond donors (Lipinski definition) is 2. The number of rotatable bonds is 12. The van der Waals surface area contributed by atoms with Crippen LogP contribution < -0.4 is 20.7 Å². The van der Waals surface area contributed by atoms with Gasteiger partial charge in [0.05, 0.1) is 35.8 Å². The van der Waals surface area contributed by atoms with Gasteiger partial charge >= 0.3 is 6.09 Å². The number of nitrogen functional groups attached to an aromatic ring is 1. The van der Waals surface area contributed by atoms with Gasteiger partial charge in [-0.15, -0.1) is 0 Å². The monoisotopic (exact) mass is 621 g/mol. The molecule has 0 unspecified atom stereocenters. The molecule has 2 atom stereocenters. The van der Waals surface area contributed by atoms with Gasteiger partial charge in [-0.1, -0.05) is 12.8 Å². The van der Waals surface area contributed by atoms with E-state index in [1.54, 1.807) is 39.4 Å². The number of piperidine rings is 1. The summed E-state index contributed by atoms with van der Waals surface area (Å²) in [4.78, 5) is 49.1. The number of carbonyl (C=O) groups excluding carboxylic acids is 3. The van der Waals surface area contributed by atoms with E-state index < -0.39 is 23.5 Å². The molecule has 3 N–H and O–H groups in total. The third-order valence-electron chi connectivity index (χ3n) is 8.99. The predicted octanol–water partition coefficient (Wildman–Crippen LogP) is 4.64. The number of ether oxygens (including phenoxy) is 3. The molecule has 2 heterocycles. The molecule has 3 aliphatic rings. The molecule has 2 aromatic rings. The summed E-state index contributed by atoms with van der Waals surface area (Å²) < 4.78 is 16.6. The molecule has 1 aromatic heterocycles. The molecule has 2 saturated carbocycles. The van der Waals surface area contributed by atoms with Gasteiger partial charge in [-0.2, -0.15) is 0 Å². The summed E-state index contributed by atoms with van der Waals surface area (Å²) in [7, 11) is 1.64. The van der Waals surface area contributed by atoms with Gasteiger partial charge in [0.2, 0.25) is 11.8 Å². The Labute approximate surface area is 265 Å². The minimum Gasteiger partial charge on any atom is -0.491 e. The number of methoxy groups -OCH3 is 1. The van der Waals surface area contributed by atoms with Gasteiger partial charge in [0.25, 0.3) is 0 Å². The lowest BCUT2D eigenvalue weighted by Gasteiger charge is -2.40. The average Bonchev–Trinajstić information content (AvgIpc) is 3.76. The van der Waals surface area contributed by atoms with E-state index in [9.17, 15) is 14.4 Å². The minimum absolute atomic E-state index is 0.0428. The van der Waals surface area contributed by atoms with Crippen molar-refractivity contribution >= 4 is 29.3 Å². The first kappa shape index (κ1) is 32.5. The zero-order chi connectivity index (χ0) is 32.0. The fourth-order valence-corrected chi connectivity index (χ4v) is 6.60. The number of nitrogens with two attached hydrogens (primary N) is 1. The number of pyridine rings is 1. The van der Waals surface area contributed by atoms with Crippen LogP contribution in [0.25, 0.3) is 0 Å². The molecule has 1 saturated heterocycles. The number of anilines is 2. The molecular weight excluding hydrogens is 574 g/mol. The maximum absolute atomic E-state index is 14.4. The molecule has 0 radical (unpaired) electrons. The maximum atomic E-state index is 14.4. The summed E-state index contributed by atoms with van der Waals surface area (Å²) in [5.74, 6) is -0.899. The van der Waals surface area contributed by atoms with Crippen LogP contribution in [0.4, 0.5) is 16.2 Å². The van der Waals surface area contributed by atoms with Crippen LogP contribution in [-0.2, 0) is 24.6 Å². The van der Waals surface area contributed by atoms with Crippen molar-refractivity contribution in [2.24, 2.45) is 11.8 Å². The lowest BCUT2D eigenvalue weighted by molar-refractivity contribution is -0.131. The summed E-state index contributed by atoms with van der Waals surface area (Å²) in [6.45, 7) is 4.96. The zero-order valence-electron chi connectivity index (χ0n) is 26.7. The maximum Gasteiger partial charge on any atom is 0.410 e. The first-order valence-electron chi connectivity index (χ1n) is 16.2. The molecule has 45 heavy (non-hydrogen) atoms. The lowest BCUT2D eigenvalue weighted by Crippen LogP contribution is -2.55. The number of amides is 3. The number of likely N-dealkylation sites (tertiary alicyclic amines) is 1. The first-order valence-corrected chi connectivity index (χ1v) is 16.2.